The van der Waals surface area contributed by atoms with Crippen LogP contribution >= 0.6 is 0 Å². The summed E-state index contributed by atoms with van der Waals surface area (Å²) < 4.78 is 425. The molecule has 0 aliphatic rings. The van der Waals surface area contributed by atoms with Crippen LogP contribution in [0.1, 0.15) is 0 Å². The number of nitrogens with one attached hydrogen (secondary N) is 1. The van der Waals surface area contributed by atoms with Crippen LogP contribution in [0.3, 0.4) is 0 Å². The van der Waals surface area contributed by atoms with Crippen LogP contribution < -0.4 is 11.1 Å². The number of alkyl halides is 35. The molecule has 3 N–H and O–H groups in total. The summed E-state index contributed by atoms with van der Waals surface area (Å²) in [5, 5.41) is 0.923. The summed E-state index contributed by atoms with van der Waals surface area (Å²) >= 11 is 0. The summed E-state index contributed by atoms with van der Waals surface area (Å²) in [6, 6.07) is 0. The van der Waals surface area contributed by atoms with E-state index in [4.69, 9.17) is 5.73 Å². The van der Waals surface area contributed by atoms with Gasteiger partial charge in [0, 0.05) is 13.1 Å². The lowest BCUT2D eigenvalue weighted by molar-refractivity contribution is -0.510. The van der Waals surface area contributed by atoms with Crippen molar-refractivity contribution < 1.29 is 182 Å². The number of rotatable bonds is 16. The van der Waals surface area contributed by atoms with Crippen LogP contribution in [0.15, 0.2) is 0 Å². The number of nitrogens with two attached hydrogens (primary N) is 1. The smallest absolute Gasteiger partial charge is 0.350 e. The van der Waals surface area contributed by atoms with Crippen molar-refractivity contribution in [3.05, 3.63) is 0 Å². The molecular weight excluding hydrogens is 1030 g/mol. The highest BCUT2D eigenvalue weighted by atomic mass is 19.4. The van der Waals surface area contributed by atoms with Gasteiger partial charge < -0.3 is 11.1 Å². The fourth-order valence-corrected chi connectivity index (χ4v) is 2.15. The SMILES string of the molecule is FC(F)F.FC(F)OC(F)(C(F)(F)F)C(F)(F)OC(F)C(F)(F)F.FC(OC(F)(F)C(F)F)C(F)(F)F.NCCNC(=O)C(F)(OC(F)(F)C(F)(OC(F)F)C(F)(F)F)C(F)(F)F. The van der Waals surface area contributed by atoms with Gasteiger partial charge in [-0.1, -0.05) is 0 Å². The maximum atomic E-state index is 13.7. The molecule has 8 nitrogen and oxygen atoms in total. The molecule has 0 rings (SSSR count). The van der Waals surface area contributed by atoms with Gasteiger partial charge in [-0.05, 0) is 0 Å². The Kier molecular flexibility index (Phi) is 24.5. The molecule has 0 heterocycles. The molecule has 0 aromatic heterocycles. The van der Waals surface area contributed by atoms with Crippen molar-refractivity contribution in [2.75, 3.05) is 13.1 Å². The monoisotopic (exact) mass is 1040 g/mol. The molecule has 0 aromatic carbocycles. The first-order chi connectivity index (χ1) is 27.2. The number of ether oxygens (including phenoxy) is 5. The number of amides is 1. The highest BCUT2D eigenvalue weighted by molar-refractivity contribution is 5.84. The van der Waals surface area contributed by atoms with Crippen LogP contribution in [0, 0.1) is 0 Å². The Bertz CT molecular complexity index is 1320. The number of hydrogen-bond acceptors (Lipinski definition) is 7. The maximum Gasteiger partial charge on any atom is 0.458 e. The van der Waals surface area contributed by atoms with Crippen LogP contribution in [0.25, 0.3) is 0 Å². The zero-order chi connectivity index (χ0) is 52.2. The third-order valence-electron chi connectivity index (χ3n) is 4.62. The maximum absolute atomic E-state index is 13.7. The van der Waals surface area contributed by atoms with Crippen LogP contribution in [0.2, 0.25) is 0 Å². The highest BCUT2D eigenvalue weighted by Gasteiger charge is 2.81. The fraction of sp³-hybridized carbons (Fsp3) is 0.950. The van der Waals surface area contributed by atoms with E-state index in [1.165, 1.54) is 0 Å². The van der Waals surface area contributed by atoms with Crippen molar-refractivity contribution in [1.82, 2.24) is 5.32 Å². The molecule has 0 aliphatic carbocycles. The molecule has 0 bridgehead atoms. The van der Waals surface area contributed by atoms with Crippen molar-refractivity contribution in [2.45, 2.75) is 106 Å². The molecule has 0 spiro atoms. The molecule has 0 aliphatic heterocycles. The predicted octanol–water partition coefficient (Wildman–Crippen LogP) is 10.2. The second-order valence-corrected chi connectivity index (χ2v) is 9.28. The average Bonchev–Trinajstić information content (AvgIpc) is 2.99. The van der Waals surface area contributed by atoms with E-state index in [9.17, 15) is 158 Å². The van der Waals surface area contributed by atoms with Crippen molar-refractivity contribution in [2.24, 2.45) is 5.73 Å². The first-order valence-corrected chi connectivity index (χ1v) is 13.2. The summed E-state index contributed by atoms with van der Waals surface area (Å²) in [5.41, 5.74) is 4.72. The average molecular weight is 1040 g/mol. The van der Waals surface area contributed by atoms with Gasteiger partial charge in [0.2, 0.25) is 0 Å². The van der Waals surface area contributed by atoms with Gasteiger partial charge in [0.05, 0.1) is 0 Å². The van der Waals surface area contributed by atoms with E-state index < -0.39 is 125 Å². The predicted molar refractivity (Wildman–Crippen MR) is 119 cm³/mol. The van der Waals surface area contributed by atoms with Gasteiger partial charge in [0.1, 0.15) is 0 Å². The standard InChI is InChI=1S/C9H8F12N2O3.C6H2F12O2.C4H2F8O.CHF3/c10-4(11)25-6(13,8(17,18)19)9(20,21)26-5(12,7(14,15)16)3(24)23-2-1-22;7-1(3(10,11)12)19-6(17,18)4(13,5(14,15)16)20-2(8)9;5-1(6)4(11,12)13-2(7)3(8,9)10;2-1(3)4/h4H,1-2,22H2,(H,23,24);1-2H;1-2H;1H. The minimum absolute atomic E-state index is 0.680. The normalized spacial score (nSPS) is 17.6. The second-order valence-electron chi connectivity index (χ2n) is 9.28. The molecule has 0 saturated heterocycles. The topological polar surface area (TPSA) is 101 Å². The Morgan fingerprint density at radius 1 is 0.460 bits per heavy atom. The zero-order valence-corrected chi connectivity index (χ0v) is 27.6. The van der Waals surface area contributed by atoms with Crippen molar-refractivity contribution in [3.8, 4) is 0 Å². The lowest BCUT2D eigenvalue weighted by Crippen LogP contribution is -2.66. The molecule has 1 amide bonds. The summed E-state index contributed by atoms with van der Waals surface area (Å²) in [5.74, 6) is -23.1. The van der Waals surface area contributed by atoms with Gasteiger partial charge in [-0.15, -0.1) is 0 Å². The molecule has 5 unspecified atom stereocenters. The minimum Gasteiger partial charge on any atom is -0.350 e. The first kappa shape index (κ1) is 66.4. The van der Waals surface area contributed by atoms with Crippen LogP contribution in [-0.2, 0) is 28.5 Å². The number of carbonyl (C=O) groups excluding carboxylic acids is 1. The minimum atomic E-state index is -7.13. The lowest BCUT2D eigenvalue weighted by Gasteiger charge is -2.37. The van der Waals surface area contributed by atoms with E-state index in [0.29, 0.717) is 0 Å². The summed E-state index contributed by atoms with van der Waals surface area (Å²) in [7, 11) is 0. The van der Waals surface area contributed by atoms with E-state index in [2.05, 4.69) is 9.47 Å². The molecule has 0 saturated carbocycles. The number of carbonyl (C=O) groups is 1. The number of halogens is 35. The Morgan fingerprint density at radius 3 is 1.00 bits per heavy atom. The third kappa shape index (κ3) is 20.7. The molecule has 0 radical (unpaired) electrons. The molecule has 63 heavy (non-hydrogen) atoms. The van der Waals surface area contributed by atoms with Gasteiger partial charge in [-0.3, -0.25) is 28.5 Å². The quantitative estimate of drug-likeness (QED) is 0.149. The molecular formula is C20H13F35N2O6. The molecule has 384 valence electrons. The first-order valence-electron chi connectivity index (χ1n) is 13.2. The molecule has 0 aromatic rings. The lowest BCUT2D eigenvalue weighted by atomic mass is 10.2. The van der Waals surface area contributed by atoms with E-state index in [-0.39, 0.29) is 0 Å². The number of hydrogen-bond donors (Lipinski definition) is 2. The Morgan fingerprint density at radius 2 is 0.762 bits per heavy atom. The van der Waals surface area contributed by atoms with Crippen molar-refractivity contribution in [1.29, 1.82) is 0 Å². The van der Waals surface area contributed by atoms with Crippen LogP contribution in [0.4, 0.5) is 154 Å². The molecule has 0 fully saturated rings. The van der Waals surface area contributed by atoms with Gasteiger partial charge >= 0.3 is 93.1 Å². The molecule has 43 heteroatoms. The fourth-order valence-electron chi connectivity index (χ4n) is 2.15. The Hall–Kier alpha value is -3.22. The summed E-state index contributed by atoms with van der Waals surface area (Å²) in [6.45, 7) is -15.1. The Labute approximate surface area is 319 Å². The van der Waals surface area contributed by atoms with Crippen molar-refractivity contribution in [3.63, 3.8) is 0 Å². The van der Waals surface area contributed by atoms with Crippen LogP contribution in [0.5, 0.6) is 0 Å². The van der Waals surface area contributed by atoms with Gasteiger partial charge in [-0.2, -0.15) is 136 Å². The van der Waals surface area contributed by atoms with Crippen molar-refractivity contribution >= 4 is 5.91 Å². The Balaban J connectivity index is -0.000000415. The highest BCUT2D eigenvalue weighted by Crippen LogP contribution is 2.52. The van der Waals surface area contributed by atoms with Gasteiger partial charge in [0.25, 0.3) is 18.6 Å². The largest absolute Gasteiger partial charge is 0.458 e. The van der Waals surface area contributed by atoms with Gasteiger partial charge in [0.15, 0.2) is 0 Å². The van der Waals surface area contributed by atoms with E-state index in [1.54, 1.807) is 0 Å². The van der Waals surface area contributed by atoms with E-state index in [1.807, 2.05) is 14.2 Å². The van der Waals surface area contributed by atoms with E-state index >= 15 is 0 Å². The molecule has 5 atom stereocenters. The van der Waals surface area contributed by atoms with Crippen LogP contribution in [-0.4, -0.2) is 125 Å². The second kappa shape index (κ2) is 23.3. The summed E-state index contributed by atoms with van der Waals surface area (Å²) in [4.78, 5) is 11.0. The van der Waals surface area contributed by atoms with Gasteiger partial charge in [-0.25, -0.2) is 17.6 Å². The van der Waals surface area contributed by atoms with E-state index in [0.717, 1.165) is 5.32 Å². The zero-order valence-electron chi connectivity index (χ0n) is 27.6. The third-order valence-corrected chi connectivity index (χ3v) is 4.62. The summed E-state index contributed by atoms with van der Waals surface area (Å²) in [6.07, 6.45) is -66.2.